The molecule has 2 amide bonds. The van der Waals surface area contributed by atoms with Crippen molar-refractivity contribution in [3.05, 3.63) is 65.2 Å². The Labute approximate surface area is 198 Å². The van der Waals surface area contributed by atoms with Gasteiger partial charge >= 0.3 is 0 Å². The van der Waals surface area contributed by atoms with Crippen molar-refractivity contribution in [3.63, 3.8) is 0 Å². The van der Waals surface area contributed by atoms with Crippen molar-refractivity contribution in [2.75, 3.05) is 40.0 Å². The molecule has 0 saturated carbocycles. The number of nitrogens with zero attached hydrogens (tertiary/aromatic N) is 1. The molecular formula is C26H30F2N2O4. The summed E-state index contributed by atoms with van der Waals surface area (Å²) in [5, 5.41) is 3.15. The van der Waals surface area contributed by atoms with Gasteiger partial charge in [0, 0.05) is 50.2 Å². The summed E-state index contributed by atoms with van der Waals surface area (Å²) in [5.41, 5.74) is 0.806. The van der Waals surface area contributed by atoms with Gasteiger partial charge in [-0.25, -0.2) is 8.78 Å². The van der Waals surface area contributed by atoms with E-state index in [0.717, 1.165) is 36.3 Å². The third-order valence-electron chi connectivity index (χ3n) is 7.07. The highest BCUT2D eigenvalue weighted by Gasteiger charge is 2.36. The molecule has 4 rings (SSSR count). The fraction of sp³-hybridized carbons (Fsp3) is 0.462. The number of likely N-dealkylation sites (tertiary alicyclic amines) is 1. The summed E-state index contributed by atoms with van der Waals surface area (Å²) < 4.78 is 38.0. The monoisotopic (exact) mass is 472 g/mol. The highest BCUT2D eigenvalue weighted by Crippen LogP contribution is 2.35. The van der Waals surface area contributed by atoms with Gasteiger partial charge in [0.1, 0.15) is 17.4 Å². The normalized spacial score (nSPS) is 18.4. The van der Waals surface area contributed by atoms with Crippen molar-refractivity contribution in [3.8, 4) is 5.75 Å². The van der Waals surface area contributed by atoms with Crippen LogP contribution in [0.5, 0.6) is 5.75 Å². The van der Waals surface area contributed by atoms with Crippen LogP contribution in [-0.2, 0) is 14.9 Å². The predicted octanol–water partition coefficient (Wildman–Crippen LogP) is 3.69. The largest absolute Gasteiger partial charge is 0.497 e. The minimum Gasteiger partial charge on any atom is -0.497 e. The number of ether oxygens (including phenoxy) is 2. The maximum atomic E-state index is 14.0. The molecule has 34 heavy (non-hydrogen) atoms. The van der Waals surface area contributed by atoms with Crippen LogP contribution < -0.4 is 10.1 Å². The molecule has 0 bridgehead atoms. The first-order valence-electron chi connectivity index (χ1n) is 11.7. The Bertz CT molecular complexity index is 1010. The SMILES string of the molecule is COc1ccc(C2(CNC(=O)C3CCN(C(=O)c4ccc(F)cc4F)CC3)CCOCC2)cc1. The van der Waals surface area contributed by atoms with Crippen molar-refractivity contribution in [1.29, 1.82) is 0 Å². The maximum absolute atomic E-state index is 14.0. The molecule has 2 aromatic carbocycles. The smallest absolute Gasteiger partial charge is 0.256 e. The number of benzene rings is 2. The zero-order valence-electron chi connectivity index (χ0n) is 19.3. The molecule has 2 aliphatic rings. The van der Waals surface area contributed by atoms with Crippen LogP contribution in [-0.4, -0.2) is 56.7 Å². The standard InChI is InChI=1S/C26H30F2N2O4/c1-33-21-5-2-19(3-6-21)26(10-14-34-15-11-26)17-29-24(31)18-8-12-30(13-9-18)25(32)22-7-4-20(27)16-23(22)28/h2-7,16,18H,8-15,17H2,1H3,(H,29,31). The molecule has 2 saturated heterocycles. The molecule has 0 aliphatic carbocycles. The number of halogens is 2. The van der Waals surface area contributed by atoms with Gasteiger partial charge in [0.2, 0.25) is 5.91 Å². The minimum atomic E-state index is -0.870. The van der Waals surface area contributed by atoms with Crippen LogP contribution in [0.2, 0.25) is 0 Å². The summed E-state index contributed by atoms with van der Waals surface area (Å²) in [6, 6.07) is 10.9. The topological polar surface area (TPSA) is 67.9 Å². The van der Waals surface area contributed by atoms with Crippen molar-refractivity contribution in [2.45, 2.75) is 31.1 Å². The molecular weight excluding hydrogens is 442 g/mol. The van der Waals surface area contributed by atoms with Crippen LogP contribution >= 0.6 is 0 Å². The fourth-order valence-corrected chi connectivity index (χ4v) is 4.85. The Morgan fingerprint density at radius 2 is 1.76 bits per heavy atom. The lowest BCUT2D eigenvalue weighted by atomic mass is 9.74. The lowest BCUT2D eigenvalue weighted by molar-refractivity contribution is -0.126. The first-order valence-corrected chi connectivity index (χ1v) is 11.7. The van der Waals surface area contributed by atoms with E-state index in [9.17, 15) is 18.4 Å². The van der Waals surface area contributed by atoms with Crippen LogP contribution in [0.15, 0.2) is 42.5 Å². The van der Waals surface area contributed by atoms with Crippen LogP contribution in [0, 0.1) is 17.6 Å². The number of methoxy groups -OCH3 is 1. The van der Waals surface area contributed by atoms with Gasteiger partial charge in [-0.15, -0.1) is 0 Å². The van der Waals surface area contributed by atoms with Gasteiger partial charge in [-0.1, -0.05) is 12.1 Å². The quantitative estimate of drug-likeness (QED) is 0.697. The lowest BCUT2D eigenvalue weighted by Gasteiger charge is -2.39. The van der Waals surface area contributed by atoms with Crippen LogP contribution in [0.1, 0.15) is 41.6 Å². The molecule has 0 unspecified atom stereocenters. The number of carbonyl (C=O) groups is 2. The average Bonchev–Trinajstić information content (AvgIpc) is 2.87. The van der Waals surface area contributed by atoms with Gasteiger partial charge < -0.3 is 19.7 Å². The summed E-state index contributed by atoms with van der Waals surface area (Å²) in [7, 11) is 1.63. The van der Waals surface area contributed by atoms with E-state index in [1.165, 1.54) is 4.90 Å². The molecule has 0 aromatic heterocycles. The highest BCUT2D eigenvalue weighted by molar-refractivity contribution is 5.94. The van der Waals surface area contributed by atoms with Gasteiger partial charge in [-0.2, -0.15) is 0 Å². The summed E-state index contributed by atoms with van der Waals surface area (Å²) >= 11 is 0. The third-order valence-corrected chi connectivity index (χ3v) is 7.07. The van der Waals surface area contributed by atoms with Gasteiger partial charge in [0.05, 0.1) is 12.7 Å². The van der Waals surface area contributed by atoms with Gasteiger partial charge in [-0.05, 0) is 55.5 Å². The van der Waals surface area contributed by atoms with E-state index >= 15 is 0 Å². The number of amides is 2. The molecule has 2 aromatic rings. The highest BCUT2D eigenvalue weighted by atomic mass is 19.1. The van der Waals surface area contributed by atoms with Crippen molar-refractivity contribution >= 4 is 11.8 Å². The molecule has 2 aliphatic heterocycles. The van der Waals surface area contributed by atoms with Crippen LogP contribution in [0.3, 0.4) is 0 Å². The Balaban J connectivity index is 1.35. The Kier molecular flexibility index (Phi) is 7.46. The number of hydrogen-bond donors (Lipinski definition) is 1. The molecule has 8 heteroatoms. The Morgan fingerprint density at radius 1 is 1.09 bits per heavy atom. The number of carbonyl (C=O) groups excluding carboxylic acids is 2. The second-order valence-corrected chi connectivity index (χ2v) is 9.03. The first-order chi connectivity index (χ1) is 16.4. The van der Waals surface area contributed by atoms with Crippen LogP contribution in [0.25, 0.3) is 0 Å². The molecule has 2 heterocycles. The van der Waals surface area contributed by atoms with Crippen LogP contribution in [0.4, 0.5) is 8.78 Å². The molecule has 0 atom stereocenters. The number of hydrogen-bond acceptors (Lipinski definition) is 4. The lowest BCUT2D eigenvalue weighted by Crippen LogP contribution is -2.48. The molecule has 2 fully saturated rings. The van der Waals surface area contributed by atoms with E-state index < -0.39 is 17.5 Å². The van der Waals surface area contributed by atoms with Gasteiger partial charge in [-0.3, -0.25) is 9.59 Å². The second kappa shape index (κ2) is 10.5. The van der Waals surface area contributed by atoms with E-state index in [1.54, 1.807) is 7.11 Å². The summed E-state index contributed by atoms with van der Waals surface area (Å²) in [5.74, 6) is -1.52. The van der Waals surface area contributed by atoms with E-state index in [4.69, 9.17) is 9.47 Å². The summed E-state index contributed by atoms with van der Waals surface area (Å²) in [4.78, 5) is 27.1. The number of rotatable bonds is 6. The molecule has 0 spiro atoms. The maximum Gasteiger partial charge on any atom is 0.256 e. The van der Waals surface area contributed by atoms with E-state index in [2.05, 4.69) is 17.4 Å². The van der Waals surface area contributed by atoms with Crippen molar-refractivity contribution < 1.29 is 27.8 Å². The second-order valence-electron chi connectivity index (χ2n) is 9.03. The molecule has 0 radical (unpaired) electrons. The van der Waals surface area contributed by atoms with Crippen molar-refractivity contribution in [2.24, 2.45) is 5.92 Å². The zero-order valence-corrected chi connectivity index (χ0v) is 19.3. The Morgan fingerprint density at radius 3 is 2.38 bits per heavy atom. The van der Waals surface area contributed by atoms with E-state index in [1.807, 2.05) is 12.1 Å². The fourth-order valence-electron chi connectivity index (χ4n) is 4.85. The molecule has 6 nitrogen and oxygen atoms in total. The summed E-state index contributed by atoms with van der Waals surface area (Å²) in [6.45, 7) is 2.50. The first kappa shape index (κ1) is 24.1. The van der Waals surface area contributed by atoms with E-state index in [-0.39, 0.29) is 22.8 Å². The van der Waals surface area contributed by atoms with Crippen molar-refractivity contribution in [1.82, 2.24) is 10.2 Å². The number of piperidine rings is 1. The van der Waals surface area contributed by atoms with E-state index in [0.29, 0.717) is 51.8 Å². The Hall–Kier alpha value is -3.00. The molecule has 1 N–H and O–H groups in total. The summed E-state index contributed by atoms with van der Waals surface area (Å²) in [6.07, 6.45) is 2.63. The molecule has 182 valence electrons. The number of nitrogens with one attached hydrogen (secondary N) is 1. The predicted molar refractivity (Wildman–Crippen MR) is 123 cm³/mol. The average molecular weight is 473 g/mol. The zero-order chi connectivity index (χ0) is 24.1. The van der Waals surface area contributed by atoms with Gasteiger partial charge in [0.15, 0.2) is 0 Å². The minimum absolute atomic E-state index is 0.0283. The third kappa shape index (κ3) is 5.22. The van der Waals surface area contributed by atoms with Gasteiger partial charge in [0.25, 0.3) is 5.91 Å².